The summed E-state index contributed by atoms with van der Waals surface area (Å²) in [6.07, 6.45) is 3.38. The molecular weight excluding hydrogens is 465 g/mol. The number of aromatic nitrogens is 4. The quantitative estimate of drug-likeness (QED) is 0.345. The van der Waals surface area contributed by atoms with E-state index in [-0.39, 0.29) is 16.7 Å². The number of halogens is 2. The molecule has 0 aliphatic carbocycles. The first kappa shape index (κ1) is 22.8. The fraction of sp³-hybridized carbons (Fsp3) is 0.130. The number of rotatable bonds is 8. The van der Waals surface area contributed by atoms with Gasteiger partial charge in [0.05, 0.1) is 23.1 Å². The number of carbonyl (C=O) groups is 1. The summed E-state index contributed by atoms with van der Waals surface area (Å²) in [7, 11) is 0. The number of nitrogens with one attached hydrogen (secondary N) is 1. The molecule has 0 radical (unpaired) electrons. The standard InChI is InChI=1S/C23H19ClFN5O2S/c1-2-32-18-8-6-17(7-9-18)30-22(15-4-3-11-26-13-15)28-29-23(30)33-14-21(31)27-20-10-5-16(25)12-19(20)24/h3-13H,2,14H2,1H3,(H,27,31). The molecular formula is C23H19ClFN5O2S. The van der Waals surface area contributed by atoms with E-state index in [9.17, 15) is 9.18 Å². The average Bonchev–Trinajstić information content (AvgIpc) is 3.25. The van der Waals surface area contributed by atoms with Gasteiger partial charge in [0, 0.05) is 23.6 Å². The Hall–Kier alpha value is -3.43. The lowest BCUT2D eigenvalue weighted by Crippen LogP contribution is -2.15. The summed E-state index contributed by atoms with van der Waals surface area (Å²) in [5.74, 6) is 0.616. The fourth-order valence-corrected chi connectivity index (χ4v) is 4.01. The van der Waals surface area contributed by atoms with Gasteiger partial charge in [0.25, 0.3) is 0 Å². The van der Waals surface area contributed by atoms with Crippen molar-refractivity contribution in [2.24, 2.45) is 0 Å². The van der Waals surface area contributed by atoms with Crippen LogP contribution in [0.25, 0.3) is 17.1 Å². The molecule has 0 bridgehead atoms. The Balaban J connectivity index is 1.58. The number of thioether (sulfide) groups is 1. The van der Waals surface area contributed by atoms with Crippen LogP contribution in [0.4, 0.5) is 10.1 Å². The molecule has 0 aliphatic rings. The third kappa shape index (κ3) is 5.50. The van der Waals surface area contributed by atoms with Gasteiger partial charge >= 0.3 is 0 Å². The molecule has 0 aliphatic heterocycles. The molecule has 0 fully saturated rings. The second kappa shape index (κ2) is 10.5. The Kier molecular flexibility index (Phi) is 7.21. The highest BCUT2D eigenvalue weighted by atomic mass is 35.5. The van der Waals surface area contributed by atoms with Crippen molar-refractivity contribution >= 4 is 35.0 Å². The predicted octanol–water partition coefficient (Wildman–Crippen LogP) is 5.25. The fourth-order valence-electron chi connectivity index (χ4n) is 3.04. The number of anilines is 1. The zero-order valence-corrected chi connectivity index (χ0v) is 19.1. The number of ether oxygens (including phenoxy) is 1. The monoisotopic (exact) mass is 483 g/mol. The van der Waals surface area contributed by atoms with Gasteiger partial charge in [-0.2, -0.15) is 0 Å². The molecule has 4 rings (SSSR count). The minimum absolute atomic E-state index is 0.0515. The molecule has 1 amide bonds. The number of amides is 1. The Morgan fingerprint density at radius 3 is 2.70 bits per heavy atom. The molecule has 4 aromatic rings. The first-order chi connectivity index (χ1) is 16.0. The van der Waals surface area contributed by atoms with Gasteiger partial charge in [-0.15, -0.1) is 10.2 Å². The zero-order chi connectivity index (χ0) is 23.2. The molecule has 0 unspecified atom stereocenters. The lowest BCUT2D eigenvalue weighted by molar-refractivity contribution is -0.113. The number of carbonyl (C=O) groups excluding carboxylic acids is 1. The van der Waals surface area contributed by atoms with E-state index in [1.54, 1.807) is 12.4 Å². The topological polar surface area (TPSA) is 81.9 Å². The summed E-state index contributed by atoms with van der Waals surface area (Å²) in [6.45, 7) is 2.49. The van der Waals surface area contributed by atoms with Crippen LogP contribution >= 0.6 is 23.4 Å². The summed E-state index contributed by atoms with van der Waals surface area (Å²) in [4.78, 5) is 16.7. The lowest BCUT2D eigenvalue weighted by Gasteiger charge is -2.11. The van der Waals surface area contributed by atoms with Crippen LogP contribution in [0.5, 0.6) is 5.75 Å². The first-order valence-electron chi connectivity index (χ1n) is 10.0. The van der Waals surface area contributed by atoms with E-state index in [0.717, 1.165) is 23.1 Å². The minimum atomic E-state index is -0.473. The smallest absolute Gasteiger partial charge is 0.234 e. The second-order valence-electron chi connectivity index (χ2n) is 6.77. The molecule has 10 heteroatoms. The number of hydrogen-bond acceptors (Lipinski definition) is 6. The van der Waals surface area contributed by atoms with Crippen LogP contribution < -0.4 is 10.1 Å². The van der Waals surface area contributed by atoms with Crippen LogP contribution in [0.2, 0.25) is 5.02 Å². The van der Waals surface area contributed by atoms with Gasteiger partial charge in [-0.05, 0) is 61.5 Å². The van der Waals surface area contributed by atoms with Crippen molar-refractivity contribution in [2.75, 3.05) is 17.7 Å². The zero-order valence-electron chi connectivity index (χ0n) is 17.5. The molecule has 0 atom stereocenters. The highest BCUT2D eigenvalue weighted by Gasteiger charge is 2.18. The molecule has 33 heavy (non-hydrogen) atoms. The van der Waals surface area contributed by atoms with Crippen LogP contribution in [-0.2, 0) is 4.79 Å². The van der Waals surface area contributed by atoms with E-state index in [0.29, 0.717) is 23.3 Å². The largest absolute Gasteiger partial charge is 0.494 e. The predicted molar refractivity (Wildman–Crippen MR) is 127 cm³/mol. The molecule has 2 heterocycles. The lowest BCUT2D eigenvalue weighted by atomic mass is 10.2. The van der Waals surface area contributed by atoms with Gasteiger partial charge in [-0.1, -0.05) is 23.4 Å². The van der Waals surface area contributed by atoms with E-state index < -0.39 is 5.82 Å². The maximum atomic E-state index is 13.2. The minimum Gasteiger partial charge on any atom is -0.494 e. The van der Waals surface area contributed by atoms with Crippen molar-refractivity contribution in [1.82, 2.24) is 19.7 Å². The third-order valence-electron chi connectivity index (χ3n) is 4.50. The van der Waals surface area contributed by atoms with Crippen LogP contribution in [0, 0.1) is 5.82 Å². The molecule has 7 nitrogen and oxygen atoms in total. The number of nitrogens with zero attached hydrogens (tertiary/aromatic N) is 4. The molecule has 2 aromatic heterocycles. The van der Waals surface area contributed by atoms with Crippen molar-refractivity contribution in [3.8, 4) is 22.8 Å². The van der Waals surface area contributed by atoms with Gasteiger partial charge in [0.1, 0.15) is 11.6 Å². The summed E-state index contributed by atoms with van der Waals surface area (Å²) >= 11 is 7.21. The third-order valence-corrected chi connectivity index (χ3v) is 5.74. The van der Waals surface area contributed by atoms with Crippen molar-refractivity contribution in [2.45, 2.75) is 12.1 Å². The maximum absolute atomic E-state index is 13.2. The van der Waals surface area contributed by atoms with Gasteiger partial charge in [-0.3, -0.25) is 14.3 Å². The van der Waals surface area contributed by atoms with Crippen molar-refractivity contribution in [3.05, 3.63) is 77.8 Å². The van der Waals surface area contributed by atoms with Crippen molar-refractivity contribution in [3.63, 3.8) is 0 Å². The summed E-state index contributed by atoms with van der Waals surface area (Å²) in [6, 6.07) is 15.0. The Morgan fingerprint density at radius 1 is 1.18 bits per heavy atom. The molecule has 2 aromatic carbocycles. The first-order valence-corrected chi connectivity index (χ1v) is 11.4. The Labute approximate surface area is 199 Å². The highest BCUT2D eigenvalue weighted by Crippen LogP contribution is 2.29. The number of benzene rings is 2. The van der Waals surface area contributed by atoms with Gasteiger partial charge in [-0.25, -0.2) is 4.39 Å². The number of hydrogen-bond donors (Lipinski definition) is 1. The summed E-state index contributed by atoms with van der Waals surface area (Å²) < 4.78 is 20.6. The van der Waals surface area contributed by atoms with Crippen LogP contribution in [0.1, 0.15) is 6.92 Å². The Morgan fingerprint density at radius 2 is 2.00 bits per heavy atom. The summed E-state index contributed by atoms with van der Waals surface area (Å²) in [5.41, 5.74) is 1.94. The van der Waals surface area contributed by atoms with E-state index in [1.165, 1.54) is 23.9 Å². The van der Waals surface area contributed by atoms with Gasteiger partial charge < -0.3 is 10.1 Å². The van der Waals surface area contributed by atoms with Crippen LogP contribution in [-0.4, -0.2) is 38.0 Å². The molecule has 168 valence electrons. The van der Waals surface area contributed by atoms with E-state index in [4.69, 9.17) is 16.3 Å². The normalized spacial score (nSPS) is 10.8. The molecule has 1 N–H and O–H groups in total. The van der Waals surface area contributed by atoms with Gasteiger partial charge in [0.15, 0.2) is 11.0 Å². The average molecular weight is 484 g/mol. The molecule has 0 saturated heterocycles. The van der Waals surface area contributed by atoms with E-state index >= 15 is 0 Å². The highest BCUT2D eigenvalue weighted by molar-refractivity contribution is 7.99. The van der Waals surface area contributed by atoms with Gasteiger partial charge in [0.2, 0.25) is 5.91 Å². The second-order valence-corrected chi connectivity index (χ2v) is 8.12. The van der Waals surface area contributed by atoms with Crippen molar-refractivity contribution < 1.29 is 13.9 Å². The molecule has 0 saturated carbocycles. The Bertz CT molecular complexity index is 1250. The SMILES string of the molecule is CCOc1ccc(-n2c(SCC(=O)Nc3ccc(F)cc3Cl)nnc2-c2cccnc2)cc1. The van der Waals surface area contributed by atoms with E-state index in [2.05, 4.69) is 20.5 Å². The number of pyridine rings is 1. The van der Waals surface area contributed by atoms with Crippen molar-refractivity contribution in [1.29, 1.82) is 0 Å². The van der Waals surface area contributed by atoms with Crippen LogP contribution in [0.15, 0.2) is 72.1 Å². The van der Waals surface area contributed by atoms with Crippen LogP contribution in [0.3, 0.4) is 0 Å². The van der Waals surface area contributed by atoms with E-state index in [1.807, 2.05) is 47.9 Å². The maximum Gasteiger partial charge on any atom is 0.234 e. The summed E-state index contributed by atoms with van der Waals surface area (Å²) in [5, 5.41) is 12.0. The molecule has 0 spiro atoms.